The third kappa shape index (κ3) is 3.86. The van der Waals surface area contributed by atoms with Crippen molar-refractivity contribution < 1.29 is 9.59 Å². The zero-order valence-electron chi connectivity index (χ0n) is 18.4. The number of anilines is 2. The molecule has 3 N–H and O–H groups in total. The molecular weight excluding hydrogens is 450 g/mol. The minimum absolute atomic E-state index is 0.207. The largest absolute Gasteiger partial charge is 0.382 e. The highest BCUT2D eigenvalue weighted by molar-refractivity contribution is 7.13. The van der Waals surface area contributed by atoms with Gasteiger partial charge in [-0.05, 0) is 37.8 Å². The summed E-state index contributed by atoms with van der Waals surface area (Å²) in [4.78, 5) is 40.1. The Bertz CT molecular complexity index is 1430. The molecule has 1 saturated heterocycles. The molecule has 10 heteroatoms. The fourth-order valence-electron chi connectivity index (χ4n) is 4.21. The van der Waals surface area contributed by atoms with E-state index in [2.05, 4.69) is 27.1 Å². The maximum absolute atomic E-state index is 12.6. The standard InChI is InChI=1S/C24H21N7O2S/c1-2-4-18(32)30-12-3-5-17(30)22-28-19(20-21(25)26-10-13-31(20)22)15-6-8-16(9-7-15)23(33)29-24-27-11-14-34-24/h6-11,13-14,17H,3,5,12H2,1H3,(H2,25,26)(H,27,29,33)/t17-/m0/s1. The predicted molar refractivity (Wildman–Crippen MR) is 130 cm³/mol. The molecule has 2 amide bonds. The van der Waals surface area contributed by atoms with Crippen molar-refractivity contribution in [3.63, 3.8) is 0 Å². The second-order valence-corrected chi connectivity index (χ2v) is 8.64. The molecule has 0 unspecified atom stereocenters. The summed E-state index contributed by atoms with van der Waals surface area (Å²) in [6, 6.07) is 6.92. The van der Waals surface area contributed by atoms with E-state index in [1.54, 1.807) is 47.9 Å². The van der Waals surface area contributed by atoms with Crippen LogP contribution in [-0.4, -0.2) is 42.6 Å². The van der Waals surface area contributed by atoms with Gasteiger partial charge in [0.1, 0.15) is 22.9 Å². The van der Waals surface area contributed by atoms with Gasteiger partial charge in [0.25, 0.3) is 11.8 Å². The van der Waals surface area contributed by atoms with Crippen molar-refractivity contribution in [3.8, 4) is 23.1 Å². The van der Waals surface area contributed by atoms with Gasteiger partial charge in [-0.15, -0.1) is 11.3 Å². The van der Waals surface area contributed by atoms with Crippen molar-refractivity contribution in [2.45, 2.75) is 25.8 Å². The van der Waals surface area contributed by atoms with Gasteiger partial charge in [-0.25, -0.2) is 15.0 Å². The summed E-state index contributed by atoms with van der Waals surface area (Å²) in [5.41, 5.74) is 8.86. The number of rotatable bonds is 4. The van der Waals surface area contributed by atoms with Crippen LogP contribution in [0.1, 0.15) is 42.0 Å². The molecule has 4 heterocycles. The highest BCUT2D eigenvalue weighted by Gasteiger charge is 2.33. The van der Waals surface area contributed by atoms with Gasteiger partial charge in [0.2, 0.25) is 0 Å². The van der Waals surface area contributed by atoms with E-state index in [0.717, 1.165) is 18.4 Å². The van der Waals surface area contributed by atoms with Crippen LogP contribution in [0.4, 0.5) is 10.9 Å². The minimum Gasteiger partial charge on any atom is -0.382 e. The van der Waals surface area contributed by atoms with Crippen molar-refractivity contribution in [1.29, 1.82) is 0 Å². The zero-order chi connectivity index (χ0) is 23.7. The number of nitrogens with two attached hydrogens (primary N) is 1. The highest BCUT2D eigenvalue weighted by atomic mass is 32.1. The summed E-state index contributed by atoms with van der Waals surface area (Å²) < 4.78 is 1.90. The number of amides is 2. The number of benzene rings is 1. The maximum atomic E-state index is 12.6. The quantitative estimate of drug-likeness (QED) is 0.441. The lowest BCUT2D eigenvalue weighted by Crippen LogP contribution is -2.30. The Morgan fingerprint density at radius 3 is 2.76 bits per heavy atom. The second-order valence-electron chi connectivity index (χ2n) is 7.75. The minimum atomic E-state index is -0.241. The molecule has 5 rings (SSSR count). The van der Waals surface area contributed by atoms with E-state index in [1.165, 1.54) is 11.3 Å². The van der Waals surface area contributed by atoms with E-state index in [9.17, 15) is 9.59 Å². The van der Waals surface area contributed by atoms with Gasteiger partial charge in [-0.3, -0.25) is 19.3 Å². The van der Waals surface area contributed by atoms with Gasteiger partial charge in [-0.2, -0.15) is 0 Å². The van der Waals surface area contributed by atoms with Crippen LogP contribution in [0.25, 0.3) is 16.8 Å². The number of thiazole rings is 1. The molecule has 1 aliphatic heterocycles. The summed E-state index contributed by atoms with van der Waals surface area (Å²) in [5.74, 6) is 5.93. The third-order valence-electron chi connectivity index (χ3n) is 5.73. The topological polar surface area (TPSA) is 119 Å². The van der Waals surface area contributed by atoms with Crippen molar-refractivity contribution >= 4 is 39.6 Å². The molecule has 1 aliphatic rings. The van der Waals surface area contributed by atoms with Gasteiger partial charge in [0.05, 0.1) is 6.04 Å². The van der Waals surface area contributed by atoms with E-state index in [0.29, 0.717) is 40.1 Å². The third-order valence-corrected chi connectivity index (χ3v) is 6.42. The van der Waals surface area contributed by atoms with Gasteiger partial charge in [-0.1, -0.05) is 18.1 Å². The number of likely N-dealkylation sites (tertiary alicyclic amines) is 1. The SMILES string of the molecule is CC#CC(=O)N1CCC[C@H]1c1nc(-c2ccc(C(=O)Nc3nccs3)cc2)c2c(N)nccn12. The lowest BCUT2D eigenvalue weighted by Gasteiger charge is -2.21. The molecule has 0 bridgehead atoms. The van der Waals surface area contributed by atoms with Crippen LogP contribution in [0.5, 0.6) is 0 Å². The first-order valence-electron chi connectivity index (χ1n) is 10.7. The number of nitrogens with one attached hydrogen (secondary N) is 1. The molecular formula is C24H21N7O2S. The molecule has 0 aliphatic carbocycles. The molecule has 1 aromatic carbocycles. The smallest absolute Gasteiger partial charge is 0.299 e. The predicted octanol–water partition coefficient (Wildman–Crippen LogP) is 3.37. The highest BCUT2D eigenvalue weighted by Crippen LogP contribution is 2.36. The fourth-order valence-corrected chi connectivity index (χ4v) is 4.74. The Morgan fingerprint density at radius 2 is 2.03 bits per heavy atom. The maximum Gasteiger partial charge on any atom is 0.299 e. The first-order valence-corrected chi connectivity index (χ1v) is 11.6. The molecule has 34 heavy (non-hydrogen) atoms. The van der Waals surface area contributed by atoms with E-state index in [-0.39, 0.29) is 17.9 Å². The molecule has 9 nitrogen and oxygen atoms in total. The lowest BCUT2D eigenvalue weighted by atomic mass is 10.1. The molecule has 1 fully saturated rings. The number of imidazole rings is 1. The molecule has 1 atom stereocenters. The molecule has 0 saturated carbocycles. The number of nitrogen functional groups attached to an aromatic ring is 1. The summed E-state index contributed by atoms with van der Waals surface area (Å²) in [6.45, 7) is 2.28. The monoisotopic (exact) mass is 471 g/mol. The number of nitrogens with zero attached hydrogens (tertiary/aromatic N) is 5. The van der Waals surface area contributed by atoms with Crippen LogP contribution in [0.3, 0.4) is 0 Å². The van der Waals surface area contributed by atoms with Crippen molar-refractivity contribution in [1.82, 2.24) is 24.3 Å². The van der Waals surface area contributed by atoms with E-state index < -0.39 is 0 Å². The average Bonchev–Trinajstić information content (AvgIpc) is 3.59. The number of carbonyl (C=O) groups is 2. The Kier molecular flexibility index (Phi) is 5.69. The van der Waals surface area contributed by atoms with Crippen LogP contribution in [-0.2, 0) is 4.79 Å². The summed E-state index contributed by atoms with van der Waals surface area (Å²) >= 11 is 1.36. The van der Waals surface area contributed by atoms with Gasteiger partial charge in [0.15, 0.2) is 5.13 Å². The number of fused-ring (bicyclic) bond motifs is 1. The first-order chi connectivity index (χ1) is 16.6. The summed E-state index contributed by atoms with van der Waals surface area (Å²) in [5, 5.41) is 5.11. The van der Waals surface area contributed by atoms with Crippen LogP contribution >= 0.6 is 11.3 Å². The molecule has 0 radical (unpaired) electrons. The van der Waals surface area contributed by atoms with Crippen molar-refractivity contribution in [2.24, 2.45) is 0 Å². The normalized spacial score (nSPS) is 15.2. The van der Waals surface area contributed by atoms with Crippen molar-refractivity contribution in [3.05, 3.63) is 59.6 Å². The van der Waals surface area contributed by atoms with Crippen LogP contribution < -0.4 is 11.1 Å². The summed E-state index contributed by atoms with van der Waals surface area (Å²) in [6.07, 6.45) is 6.72. The molecule has 170 valence electrons. The van der Waals surface area contributed by atoms with Crippen LogP contribution in [0.15, 0.2) is 48.2 Å². The Balaban J connectivity index is 1.52. The Labute approximate surface area is 199 Å². The van der Waals surface area contributed by atoms with Gasteiger partial charge in [0, 0.05) is 41.6 Å². The van der Waals surface area contributed by atoms with Gasteiger partial charge < -0.3 is 10.6 Å². The van der Waals surface area contributed by atoms with Gasteiger partial charge >= 0.3 is 0 Å². The molecule has 4 aromatic rings. The number of hydrogen-bond donors (Lipinski definition) is 2. The summed E-state index contributed by atoms with van der Waals surface area (Å²) in [7, 11) is 0. The first kappa shape index (κ1) is 21.6. The van der Waals surface area contributed by atoms with Crippen molar-refractivity contribution in [2.75, 3.05) is 17.6 Å². The van der Waals surface area contributed by atoms with E-state index in [4.69, 9.17) is 10.7 Å². The van der Waals surface area contributed by atoms with E-state index in [1.807, 2.05) is 16.5 Å². The Morgan fingerprint density at radius 1 is 1.21 bits per heavy atom. The van der Waals surface area contributed by atoms with E-state index >= 15 is 0 Å². The number of hydrogen-bond acceptors (Lipinski definition) is 7. The second kappa shape index (κ2) is 8.96. The van der Waals surface area contributed by atoms with Crippen LogP contribution in [0, 0.1) is 11.8 Å². The van der Waals surface area contributed by atoms with Crippen LogP contribution in [0.2, 0.25) is 0 Å². The number of carbonyl (C=O) groups excluding carboxylic acids is 2. The Hall–Kier alpha value is -4.23. The fraction of sp³-hybridized carbons (Fsp3) is 0.208. The molecule has 0 spiro atoms. The number of aromatic nitrogens is 4. The lowest BCUT2D eigenvalue weighted by molar-refractivity contribution is -0.126. The average molecular weight is 472 g/mol. The zero-order valence-corrected chi connectivity index (χ0v) is 19.2. The molecule has 3 aromatic heterocycles.